The fourth-order valence-electron chi connectivity index (χ4n) is 14.5. The van der Waals surface area contributed by atoms with E-state index in [1.165, 1.54) is 17.2 Å². The van der Waals surface area contributed by atoms with Gasteiger partial charge in [0.05, 0.1) is 81.3 Å². The Hall–Kier alpha value is -9.68. The third kappa shape index (κ3) is 29.2. The van der Waals surface area contributed by atoms with Crippen LogP contribution in [0, 0.1) is 0 Å². The molecule has 0 N–H and O–H groups in total. The van der Waals surface area contributed by atoms with Crippen molar-refractivity contribution in [3.8, 4) is 46.0 Å². The van der Waals surface area contributed by atoms with E-state index in [1.54, 1.807) is 154 Å². The Morgan fingerprint density at radius 1 is 0.250 bits per heavy atom. The number of sulfonamides is 4. The Labute approximate surface area is 730 Å². The van der Waals surface area contributed by atoms with Gasteiger partial charge in [-0.25, -0.2) is 33.7 Å². The van der Waals surface area contributed by atoms with E-state index in [0.29, 0.717) is 97.6 Å². The quantitative estimate of drug-likeness (QED) is 0.0320. The van der Waals surface area contributed by atoms with Crippen LogP contribution in [0.2, 0.25) is 0 Å². The Morgan fingerprint density at radius 3 is 0.476 bits per heavy atom. The molecule has 8 aromatic carbocycles. The minimum Gasteiger partial charge on any atom is -0.497 e. The zero-order chi connectivity index (χ0) is 89.1. The summed E-state index contributed by atoms with van der Waals surface area (Å²) in [6.45, 7) is 3.61. The number of ether oxygens (including phenoxy) is 12. The highest BCUT2D eigenvalue weighted by Crippen LogP contribution is 2.32. The van der Waals surface area contributed by atoms with Crippen LogP contribution in [0.1, 0.15) is 122 Å². The zero-order valence-corrected chi connectivity index (χ0v) is 74.9. The molecule has 0 saturated carbocycles. The van der Waals surface area contributed by atoms with E-state index in [-0.39, 0.29) is 102 Å². The van der Waals surface area contributed by atoms with Gasteiger partial charge in [0, 0.05) is 78.8 Å². The summed E-state index contributed by atoms with van der Waals surface area (Å²) >= 11 is 0. The first-order valence-electron chi connectivity index (χ1n) is 41.1. The molecule has 32 heteroatoms. The van der Waals surface area contributed by atoms with Gasteiger partial charge >= 0.3 is 0 Å². The molecule has 0 radical (unpaired) electrons. The molecule has 0 spiro atoms. The summed E-state index contributed by atoms with van der Waals surface area (Å²) in [6, 6.07) is 57.8. The molecule has 4 aliphatic rings. The van der Waals surface area contributed by atoms with Gasteiger partial charge in [0.25, 0.3) is 0 Å². The van der Waals surface area contributed by atoms with E-state index < -0.39 is 61.1 Å². The van der Waals surface area contributed by atoms with Gasteiger partial charge in [0.15, 0.2) is 0 Å². The first-order chi connectivity index (χ1) is 59.8. The summed E-state index contributed by atoms with van der Waals surface area (Å²) in [5.41, 5.74) is 6.44. The van der Waals surface area contributed by atoms with Crippen LogP contribution in [-0.4, -0.2) is 205 Å². The predicted octanol–water partition coefficient (Wildman–Crippen LogP) is 12.7. The molecule has 8 aromatic rings. The average Bonchev–Trinajstić information content (AvgIpc) is 0.938. The van der Waals surface area contributed by atoms with Gasteiger partial charge in [0.2, 0.25) is 40.1 Å². The number of hydrogen-bond donors (Lipinski definition) is 0. The number of carbonyl (C=O) groups excluding carboxylic acids is 4. The fraction of sp³-hybridized carbons (Fsp3) is 0.435. The minimum atomic E-state index is -3.91. The molecule has 4 saturated heterocycles. The highest BCUT2D eigenvalue weighted by atomic mass is 32.2. The van der Waals surface area contributed by atoms with E-state index in [4.69, 9.17) is 56.8 Å². The molecule has 8 atom stereocenters. The molecule has 12 rings (SSSR count). The Bertz CT molecular complexity index is 4190. The van der Waals surface area contributed by atoms with E-state index in [1.807, 2.05) is 97.1 Å². The smallest absolute Gasteiger partial charge is 0.224 e. The van der Waals surface area contributed by atoms with Crippen LogP contribution in [0.3, 0.4) is 0 Å². The maximum absolute atomic E-state index is 13.5. The molecule has 0 aromatic heterocycles. The van der Waals surface area contributed by atoms with Crippen LogP contribution in [0.15, 0.2) is 194 Å². The summed E-state index contributed by atoms with van der Waals surface area (Å²) in [5, 5.41) is -4.58. The molecule has 4 fully saturated rings. The van der Waals surface area contributed by atoms with Gasteiger partial charge in [-0.15, -0.1) is 0 Å². The highest BCUT2D eigenvalue weighted by molar-refractivity contribution is 7.91. The number of carbonyl (C=O) groups is 4. The van der Waals surface area contributed by atoms with Crippen LogP contribution in [0.5, 0.6) is 46.0 Å². The molecule has 28 nitrogen and oxygen atoms in total. The van der Waals surface area contributed by atoms with Crippen LogP contribution in [-0.2, 0) is 131 Å². The Kier molecular flexibility index (Phi) is 39.0. The Morgan fingerprint density at radius 2 is 0.379 bits per heavy atom. The van der Waals surface area contributed by atoms with Gasteiger partial charge in [0.1, 0.15) is 92.1 Å². The van der Waals surface area contributed by atoms with Crippen molar-refractivity contribution in [2.75, 3.05) is 83.3 Å². The molecule has 0 unspecified atom stereocenters. The minimum absolute atomic E-state index is 0.147. The molecule has 4 aliphatic heterocycles. The summed E-state index contributed by atoms with van der Waals surface area (Å²) in [6.07, 6.45) is 8.68. The average molecular weight is 1790 g/mol. The molecule has 0 bridgehead atoms. The van der Waals surface area contributed by atoms with Gasteiger partial charge in [-0.1, -0.05) is 97.1 Å². The lowest BCUT2D eigenvalue weighted by atomic mass is 10.1. The first kappa shape index (κ1) is 98.1. The number of benzene rings is 8. The van der Waals surface area contributed by atoms with Crippen LogP contribution >= 0.6 is 0 Å². The van der Waals surface area contributed by atoms with Crippen LogP contribution in [0.25, 0.3) is 0 Å². The maximum Gasteiger partial charge on any atom is 0.224 e. The number of hydrogen-bond acceptors (Lipinski definition) is 24. The summed E-state index contributed by atoms with van der Waals surface area (Å²) in [4.78, 5) is 47.3. The van der Waals surface area contributed by atoms with Gasteiger partial charge in [-0.05, 0) is 219 Å². The molecular formula is C92H116N4O24S4. The van der Waals surface area contributed by atoms with Gasteiger partial charge in [-0.2, -0.15) is 17.2 Å². The van der Waals surface area contributed by atoms with E-state index in [9.17, 15) is 52.8 Å². The lowest BCUT2D eigenvalue weighted by Gasteiger charge is -2.26. The number of aldehydes is 4. The van der Waals surface area contributed by atoms with Crippen molar-refractivity contribution >= 4 is 65.2 Å². The van der Waals surface area contributed by atoms with Crippen LogP contribution < -0.4 is 37.9 Å². The summed E-state index contributed by atoms with van der Waals surface area (Å²) in [7, 11) is -2.99. The zero-order valence-electron chi connectivity index (χ0n) is 71.6. The molecule has 124 heavy (non-hydrogen) atoms. The van der Waals surface area contributed by atoms with Crippen molar-refractivity contribution < 1.29 is 110 Å². The monoisotopic (exact) mass is 1790 g/mol. The van der Waals surface area contributed by atoms with Crippen molar-refractivity contribution in [2.45, 2.75) is 175 Å². The highest BCUT2D eigenvalue weighted by Gasteiger charge is 2.40. The van der Waals surface area contributed by atoms with Crippen molar-refractivity contribution in [3.05, 3.63) is 239 Å². The number of rotatable bonds is 44. The van der Waals surface area contributed by atoms with Crippen molar-refractivity contribution in [3.63, 3.8) is 0 Å². The van der Waals surface area contributed by atoms with Crippen LogP contribution in [0.4, 0.5) is 0 Å². The molecule has 0 aliphatic carbocycles. The van der Waals surface area contributed by atoms with E-state index >= 15 is 0 Å². The lowest BCUT2D eigenvalue weighted by molar-refractivity contribution is -0.108. The second-order valence-corrected chi connectivity index (χ2v) is 38.8. The normalized spacial score (nSPS) is 17.5. The van der Waals surface area contributed by atoms with Crippen molar-refractivity contribution in [2.24, 2.45) is 0 Å². The predicted molar refractivity (Wildman–Crippen MR) is 470 cm³/mol. The standard InChI is InChI=1S/4C23H29NO6S/c4*1-28-20-9-5-18(6-10-20)15-24(16-19-7-11-21(29-2)12-8-19)31(26,27)23(17-25)14-22-4-3-13-30-22/h4*5-12,17,22-23H,3-4,13-16H2,1-2H3/t2*22-,23+;2*22-,23-/m1010/s1. The summed E-state index contributed by atoms with van der Waals surface area (Å²) in [5.74, 6) is 5.54. The molecular weight excluding hydrogens is 1670 g/mol. The molecule has 4 heterocycles. The first-order valence-corrected chi connectivity index (χ1v) is 47.1. The number of methoxy groups -OCH3 is 8. The largest absolute Gasteiger partial charge is 0.497 e. The SMILES string of the molecule is COc1ccc(CN(Cc2ccc(OC)cc2)S(=O)(=O)[C@@H](C=O)C[C@@H]2CCCO2)cc1.COc1ccc(CN(Cc2ccc(OC)cc2)S(=O)(=O)[C@@H](C=O)C[C@H]2CCCO2)cc1.COc1ccc(CN(Cc2ccc(OC)cc2)S(=O)(=O)[C@H](C=O)C[C@@H]2CCCO2)cc1.COc1ccc(CN(Cc2ccc(OC)cc2)S(=O)(=O)[C@H](C=O)C[C@H]2CCCO2)cc1. The third-order valence-electron chi connectivity index (χ3n) is 21.8. The fourth-order valence-corrected chi connectivity index (χ4v) is 21.1. The Balaban J connectivity index is 0.000000187. The summed E-state index contributed by atoms with van der Waals surface area (Å²) < 4.78 is 177. The number of nitrogens with zero attached hydrogens (tertiary/aromatic N) is 4. The van der Waals surface area contributed by atoms with Crippen molar-refractivity contribution in [1.29, 1.82) is 0 Å². The second-order valence-electron chi connectivity index (χ2n) is 30.2. The third-order valence-corrected chi connectivity index (χ3v) is 30.0. The van der Waals surface area contributed by atoms with Gasteiger partial charge < -0.3 is 76.0 Å². The molecule has 0 amide bonds. The van der Waals surface area contributed by atoms with Gasteiger partial charge in [-0.3, -0.25) is 0 Å². The molecule has 672 valence electrons. The van der Waals surface area contributed by atoms with Crippen molar-refractivity contribution in [1.82, 2.24) is 17.2 Å². The second kappa shape index (κ2) is 49.3. The maximum atomic E-state index is 13.5. The van der Waals surface area contributed by atoms with E-state index in [0.717, 1.165) is 95.9 Å². The lowest BCUT2D eigenvalue weighted by Crippen LogP contribution is -2.40. The van der Waals surface area contributed by atoms with E-state index in [2.05, 4.69) is 0 Å². The topological polar surface area (TPSA) is 329 Å².